The number of ether oxygens (including phenoxy) is 1. The standard InChI is InChI=1S/C29H32FN3O3S/c1-21(32-37(34,35)20-22-8-4-2-5-9-22)29(23-10-6-3-7-11-23)36-27-16-17-28-24(18-27)19-31-33(28)26-14-12-25(30)13-15-26/h3,6-7,10-19,21-22,29,32H,2,4-5,8-9,20H2,1H3. The minimum Gasteiger partial charge on any atom is -0.484 e. The molecule has 3 aromatic carbocycles. The molecule has 5 rings (SSSR count). The van der Waals surface area contributed by atoms with Crippen LogP contribution in [0.1, 0.15) is 50.7 Å². The van der Waals surface area contributed by atoms with Crippen molar-refractivity contribution in [2.24, 2.45) is 5.92 Å². The molecule has 37 heavy (non-hydrogen) atoms. The number of benzene rings is 3. The first kappa shape index (κ1) is 25.4. The minimum absolute atomic E-state index is 0.160. The summed E-state index contributed by atoms with van der Waals surface area (Å²) in [6, 6.07) is 21.0. The number of hydrogen-bond donors (Lipinski definition) is 1. The van der Waals surface area contributed by atoms with E-state index in [0.717, 1.165) is 47.8 Å². The largest absolute Gasteiger partial charge is 0.484 e. The molecule has 0 radical (unpaired) electrons. The van der Waals surface area contributed by atoms with Gasteiger partial charge in [-0.05, 0) is 73.7 Å². The van der Waals surface area contributed by atoms with E-state index in [2.05, 4.69) is 9.82 Å². The van der Waals surface area contributed by atoms with Crippen LogP contribution < -0.4 is 9.46 Å². The van der Waals surface area contributed by atoms with Crippen molar-refractivity contribution in [2.75, 3.05) is 5.75 Å². The number of hydrogen-bond acceptors (Lipinski definition) is 4. The molecule has 1 aliphatic rings. The van der Waals surface area contributed by atoms with Gasteiger partial charge in [0.05, 0.1) is 29.2 Å². The van der Waals surface area contributed by atoms with E-state index in [1.54, 1.807) is 23.0 Å². The number of aromatic nitrogens is 2. The summed E-state index contributed by atoms with van der Waals surface area (Å²) in [4.78, 5) is 0. The molecule has 0 amide bonds. The third-order valence-electron chi connectivity index (χ3n) is 7.00. The zero-order chi connectivity index (χ0) is 25.8. The fourth-order valence-corrected chi connectivity index (χ4v) is 6.92. The Bertz CT molecular complexity index is 1430. The Balaban J connectivity index is 1.37. The molecular weight excluding hydrogens is 489 g/mol. The lowest BCUT2D eigenvalue weighted by atomic mass is 9.91. The van der Waals surface area contributed by atoms with E-state index in [1.807, 2.05) is 55.5 Å². The van der Waals surface area contributed by atoms with Gasteiger partial charge in [-0.1, -0.05) is 49.6 Å². The molecule has 0 saturated heterocycles. The summed E-state index contributed by atoms with van der Waals surface area (Å²) < 4.78 is 50.5. The van der Waals surface area contributed by atoms with Crippen molar-refractivity contribution in [2.45, 2.75) is 51.2 Å². The Morgan fingerprint density at radius 3 is 2.49 bits per heavy atom. The number of fused-ring (bicyclic) bond motifs is 1. The average molecular weight is 522 g/mol. The molecule has 1 heterocycles. The van der Waals surface area contributed by atoms with Crippen LogP contribution in [0.25, 0.3) is 16.6 Å². The molecule has 4 aromatic rings. The van der Waals surface area contributed by atoms with Crippen molar-refractivity contribution in [1.29, 1.82) is 0 Å². The van der Waals surface area contributed by atoms with E-state index in [9.17, 15) is 12.8 Å². The first-order valence-electron chi connectivity index (χ1n) is 12.8. The smallest absolute Gasteiger partial charge is 0.212 e. The topological polar surface area (TPSA) is 73.2 Å². The number of halogens is 1. The second kappa shape index (κ2) is 11.0. The predicted molar refractivity (Wildman–Crippen MR) is 144 cm³/mol. The van der Waals surface area contributed by atoms with Crippen LogP contribution in [0.15, 0.2) is 79.0 Å². The summed E-state index contributed by atoms with van der Waals surface area (Å²) in [6.07, 6.45) is 6.56. The zero-order valence-electron chi connectivity index (χ0n) is 20.9. The highest BCUT2D eigenvalue weighted by Gasteiger charge is 2.28. The van der Waals surface area contributed by atoms with Gasteiger partial charge in [-0.2, -0.15) is 5.10 Å². The third-order valence-corrected chi connectivity index (χ3v) is 8.64. The van der Waals surface area contributed by atoms with E-state index >= 15 is 0 Å². The van der Waals surface area contributed by atoms with Crippen molar-refractivity contribution >= 4 is 20.9 Å². The van der Waals surface area contributed by atoms with Gasteiger partial charge < -0.3 is 4.74 Å². The highest BCUT2D eigenvalue weighted by Crippen LogP contribution is 2.30. The molecule has 194 valence electrons. The van der Waals surface area contributed by atoms with Crippen molar-refractivity contribution in [3.8, 4) is 11.4 Å². The van der Waals surface area contributed by atoms with Crippen molar-refractivity contribution in [3.63, 3.8) is 0 Å². The van der Waals surface area contributed by atoms with Crippen LogP contribution in [0.2, 0.25) is 0 Å². The lowest BCUT2D eigenvalue weighted by molar-refractivity contribution is 0.173. The van der Waals surface area contributed by atoms with Gasteiger partial charge in [-0.15, -0.1) is 0 Å². The second-order valence-corrected chi connectivity index (χ2v) is 11.7. The van der Waals surface area contributed by atoms with Crippen molar-refractivity contribution in [3.05, 3.63) is 90.4 Å². The Morgan fingerprint density at radius 2 is 1.76 bits per heavy atom. The highest BCUT2D eigenvalue weighted by atomic mass is 32.2. The normalized spacial score (nSPS) is 16.5. The van der Waals surface area contributed by atoms with Gasteiger partial charge in [0.1, 0.15) is 17.7 Å². The van der Waals surface area contributed by atoms with Gasteiger partial charge in [-0.3, -0.25) is 0 Å². The molecule has 1 fully saturated rings. The average Bonchev–Trinajstić information content (AvgIpc) is 3.31. The van der Waals surface area contributed by atoms with Gasteiger partial charge in [0.25, 0.3) is 0 Å². The molecular formula is C29H32FN3O3S. The van der Waals surface area contributed by atoms with E-state index in [4.69, 9.17) is 4.74 Å². The molecule has 2 atom stereocenters. The number of nitrogens with one attached hydrogen (secondary N) is 1. The summed E-state index contributed by atoms with van der Waals surface area (Å²) in [5, 5.41) is 5.32. The highest BCUT2D eigenvalue weighted by molar-refractivity contribution is 7.89. The molecule has 0 aliphatic heterocycles. The summed E-state index contributed by atoms with van der Waals surface area (Å²) in [5.41, 5.74) is 2.50. The van der Waals surface area contributed by atoms with Crippen molar-refractivity contribution < 1.29 is 17.5 Å². The first-order valence-corrected chi connectivity index (χ1v) is 14.5. The molecule has 6 nitrogen and oxygen atoms in total. The second-order valence-electron chi connectivity index (χ2n) is 9.89. The molecule has 8 heteroatoms. The van der Waals surface area contributed by atoms with Gasteiger partial charge in [0, 0.05) is 5.39 Å². The number of sulfonamides is 1. The van der Waals surface area contributed by atoms with E-state index < -0.39 is 22.2 Å². The fraction of sp³-hybridized carbons (Fsp3) is 0.345. The number of nitrogens with zero attached hydrogens (tertiary/aromatic N) is 2. The Kier molecular flexibility index (Phi) is 7.58. The van der Waals surface area contributed by atoms with Crippen LogP contribution in [0, 0.1) is 11.7 Å². The SMILES string of the molecule is CC(NS(=O)(=O)CC1CCCCC1)C(Oc1ccc2c(cnn2-c2ccc(F)cc2)c1)c1ccccc1. The van der Waals surface area contributed by atoms with Crippen LogP contribution in [0.5, 0.6) is 5.75 Å². The molecule has 2 unspecified atom stereocenters. The maximum Gasteiger partial charge on any atom is 0.212 e. The van der Waals surface area contributed by atoms with Crippen LogP contribution in [0.4, 0.5) is 4.39 Å². The fourth-order valence-electron chi connectivity index (χ4n) is 5.18. The first-order chi connectivity index (χ1) is 17.9. The van der Waals surface area contributed by atoms with Crippen LogP contribution in [-0.4, -0.2) is 30.0 Å². The lowest BCUT2D eigenvalue weighted by Gasteiger charge is -2.28. The maximum absolute atomic E-state index is 13.4. The monoisotopic (exact) mass is 521 g/mol. The predicted octanol–water partition coefficient (Wildman–Crippen LogP) is 6.17. The molecule has 1 N–H and O–H groups in total. The maximum atomic E-state index is 13.4. The lowest BCUT2D eigenvalue weighted by Crippen LogP contribution is -2.41. The quantitative estimate of drug-likeness (QED) is 0.286. The molecule has 1 aromatic heterocycles. The van der Waals surface area contributed by atoms with Crippen molar-refractivity contribution in [1.82, 2.24) is 14.5 Å². The van der Waals surface area contributed by atoms with Gasteiger partial charge >= 0.3 is 0 Å². The number of rotatable bonds is 9. The summed E-state index contributed by atoms with van der Waals surface area (Å²) in [5.74, 6) is 0.687. The van der Waals surface area contributed by atoms with Gasteiger partial charge in [0.15, 0.2) is 0 Å². The Morgan fingerprint density at radius 1 is 1.03 bits per heavy atom. The zero-order valence-corrected chi connectivity index (χ0v) is 21.7. The van der Waals surface area contributed by atoms with E-state index in [0.29, 0.717) is 5.75 Å². The minimum atomic E-state index is -3.46. The Hall–Kier alpha value is -3.23. The van der Waals surface area contributed by atoms with Crippen LogP contribution >= 0.6 is 0 Å². The van der Waals surface area contributed by atoms with E-state index in [1.165, 1.54) is 18.6 Å². The molecule has 0 bridgehead atoms. The molecule has 0 spiro atoms. The summed E-state index contributed by atoms with van der Waals surface area (Å²) in [7, 11) is -3.46. The summed E-state index contributed by atoms with van der Waals surface area (Å²) >= 11 is 0. The van der Waals surface area contributed by atoms with Gasteiger partial charge in [-0.25, -0.2) is 22.2 Å². The Labute approximate surface area is 217 Å². The molecule has 1 saturated carbocycles. The van der Waals surface area contributed by atoms with Gasteiger partial charge in [0.2, 0.25) is 10.0 Å². The summed E-state index contributed by atoms with van der Waals surface area (Å²) in [6.45, 7) is 1.85. The van der Waals surface area contributed by atoms with E-state index in [-0.39, 0.29) is 17.5 Å². The van der Waals surface area contributed by atoms with Crippen LogP contribution in [0.3, 0.4) is 0 Å². The third kappa shape index (κ3) is 6.19. The van der Waals surface area contributed by atoms with Crippen LogP contribution in [-0.2, 0) is 10.0 Å². The molecule has 1 aliphatic carbocycles.